The van der Waals surface area contributed by atoms with Crippen molar-refractivity contribution in [3.63, 3.8) is 0 Å². The van der Waals surface area contributed by atoms with Gasteiger partial charge in [0.2, 0.25) is 0 Å². The molecule has 0 aromatic carbocycles. The maximum atomic E-state index is 8.52. The van der Waals surface area contributed by atoms with Crippen molar-refractivity contribution in [1.29, 1.82) is 0 Å². The third-order valence-electron chi connectivity index (χ3n) is 1.96. The Morgan fingerprint density at radius 1 is 1.08 bits per heavy atom. The summed E-state index contributed by atoms with van der Waals surface area (Å²) in [5.74, 6) is 0.798. The van der Waals surface area contributed by atoms with Crippen molar-refractivity contribution in [3.8, 4) is 0 Å². The fraction of sp³-hybridized carbons (Fsp3) is 1.00. The third-order valence-corrected chi connectivity index (χ3v) is 1.96. The van der Waals surface area contributed by atoms with Crippen molar-refractivity contribution >= 4 is 0 Å². The molecule has 80 valence electrons. The SMILES string of the molecule is CC(C)CCCCCNCC(O)O. The topological polar surface area (TPSA) is 52.5 Å². The molecule has 0 aliphatic rings. The lowest BCUT2D eigenvalue weighted by Crippen LogP contribution is -2.26. The van der Waals surface area contributed by atoms with E-state index in [4.69, 9.17) is 10.2 Å². The lowest BCUT2D eigenvalue weighted by Gasteiger charge is -2.06. The molecule has 0 aliphatic carbocycles. The Kier molecular flexibility index (Phi) is 8.40. The van der Waals surface area contributed by atoms with E-state index in [9.17, 15) is 0 Å². The van der Waals surface area contributed by atoms with Gasteiger partial charge in [0, 0.05) is 6.54 Å². The Labute approximate surface area is 81.2 Å². The third kappa shape index (κ3) is 11.9. The standard InChI is InChI=1S/C10H23NO2/c1-9(2)6-4-3-5-7-11-8-10(12)13/h9-13H,3-8H2,1-2H3. The van der Waals surface area contributed by atoms with E-state index in [1.165, 1.54) is 19.3 Å². The smallest absolute Gasteiger partial charge is 0.164 e. The molecule has 0 heterocycles. The average Bonchev–Trinajstić information content (AvgIpc) is 2.01. The van der Waals surface area contributed by atoms with Crippen LogP contribution in [0.15, 0.2) is 0 Å². The Morgan fingerprint density at radius 3 is 2.31 bits per heavy atom. The second-order valence-electron chi connectivity index (χ2n) is 3.93. The van der Waals surface area contributed by atoms with Crippen LogP contribution >= 0.6 is 0 Å². The van der Waals surface area contributed by atoms with Crippen LogP contribution in [0.1, 0.15) is 39.5 Å². The van der Waals surface area contributed by atoms with E-state index in [0.717, 1.165) is 18.9 Å². The highest BCUT2D eigenvalue weighted by molar-refractivity contribution is 4.51. The number of aliphatic hydroxyl groups excluding tert-OH is 1. The molecule has 0 spiro atoms. The van der Waals surface area contributed by atoms with E-state index in [0.29, 0.717) is 0 Å². The summed E-state index contributed by atoms with van der Waals surface area (Å²) in [6.07, 6.45) is 3.71. The molecule has 0 radical (unpaired) electrons. The summed E-state index contributed by atoms with van der Waals surface area (Å²) >= 11 is 0. The zero-order valence-corrected chi connectivity index (χ0v) is 8.79. The Hall–Kier alpha value is -0.120. The Morgan fingerprint density at radius 2 is 1.77 bits per heavy atom. The molecular weight excluding hydrogens is 166 g/mol. The van der Waals surface area contributed by atoms with Gasteiger partial charge in [-0.15, -0.1) is 0 Å². The molecule has 0 saturated heterocycles. The number of unbranched alkanes of at least 4 members (excludes halogenated alkanes) is 2. The largest absolute Gasteiger partial charge is 0.367 e. The van der Waals surface area contributed by atoms with E-state index < -0.39 is 6.29 Å². The monoisotopic (exact) mass is 189 g/mol. The highest BCUT2D eigenvalue weighted by Crippen LogP contribution is 2.07. The second-order valence-corrected chi connectivity index (χ2v) is 3.93. The number of rotatable bonds is 8. The first kappa shape index (κ1) is 12.9. The molecule has 13 heavy (non-hydrogen) atoms. The van der Waals surface area contributed by atoms with Crippen LogP contribution in [0.2, 0.25) is 0 Å². The maximum Gasteiger partial charge on any atom is 0.164 e. The first-order chi connectivity index (χ1) is 6.13. The Bertz CT molecular complexity index is 93.1. The molecule has 0 saturated carbocycles. The van der Waals surface area contributed by atoms with E-state index in [1.807, 2.05) is 0 Å². The minimum Gasteiger partial charge on any atom is -0.367 e. The van der Waals surface area contributed by atoms with Gasteiger partial charge in [-0.2, -0.15) is 0 Å². The van der Waals surface area contributed by atoms with Crippen LogP contribution in [0, 0.1) is 5.92 Å². The van der Waals surface area contributed by atoms with Crippen LogP contribution in [-0.2, 0) is 0 Å². The van der Waals surface area contributed by atoms with E-state index in [2.05, 4.69) is 19.2 Å². The van der Waals surface area contributed by atoms with Crippen molar-refractivity contribution in [2.45, 2.75) is 45.8 Å². The minimum atomic E-state index is -1.21. The van der Waals surface area contributed by atoms with Crippen molar-refractivity contribution in [3.05, 3.63) is 0 Å². The van der Waals surface area contributed by atoms with Crippen LogP contribution in [0.3, 0.4) is 0 Å². The minimum absolute atomic E-state index is 0.282. The van der Waals surface area contributed by atoms with E-state index >= 15 is 0 Å². The second kappa shape index (κ2) is 8.48. The summed E-state index contributed by atoms with van der Waals surface area (Å²) in [4.78, 5) is 0. The van der Waals surface area contributed by atoms with Gasteiger partial charge in [-0.1, -0.05) is 33.1 Å². The van der Waals surface area contributed by atoms with Crippen molar-refractivity contribution in [2.24, 2.45) is 5.92 Å². The van der Waals surface area contributed by atoms with Gasteiger partial charge in [0.15, 0.2) is 6.29 Å². The van der Waals surface area contributed by atoms with Crippen molar-refractivity contribution in [2.75, 3.05) is 13.1 Å². The van der Waals surface area contributed by atoms with Gasteiger partial charge in [0.05, 0.1) is 0 Å². The molecular formula is C10H23NO2. The summed E-state index contributed by atoms with van der Waals surface area (Å²) in [6.45, 7) is 5.64. The number of hydrogen-bond acceptors (Lipinski definition) is 3. The van der Waals surface area contributed by atoms with Gasteiger partial charge < -0.3 is 15.5 Å². The molecule has 3 nitrogen and oxygen atoms in total. The molecule has 0 bridgehead atoms. The summed E-state index contributed by atoms with van der Waals surface area (Å²) in [7, 11) is 0. The lowest BCUT2D eigenvalue weighted by molar-refractivity contribution is -0.0370. The van der Waals surface area contributed by atoms with E-state index in [-0.39, 0.29) is 6.54 Å². The molecule has 0 unspecified atom stereocenters. The summed E-state index contributed by atoms with van der Waals surface area (Å²) in [5.41, 5.74) is 0. The molecule has 0 rings (SSSR count). The molecule has 3 N–H and O–H groups in total. The molecule has 0 aromatic rings. The molecule has 3 heteroatoms. The number of hydrogen-bond donors (Lipinski definition) is 3. The first-order valence-corrected chi connectivity index (χ1v) is 5.19. The average molecular weight is 189 g/mol. The normalized spacial score (nSPS) is 11.5. The van der Waals surface area contributed by atoms with E-state index in [1.54, 1.807) is 0 Å². The molecule has 0 atom stereocenters. The maximum absolute atomic E-state index is 8.52. The van der Waals surface area contributed by atoms with Crippen molar-refractivity contribution < 1.29 is 10.2 Å². The quantitative estimate of drug-likeness (QED) is 0.396. The zero-order valence-electron chi connectivity index (χ0n) is 8.79. The summed E-state index contributed by atoms with van der Waals surface area (Å²) < 4.78 is 0. The van der Waals surface area contributed by atoms with Gasteiger partial charge in [0.25, 0.3) is 0 Å². The fourth-order valence-corrected chi connectivity index (χ4v) is 1.21. The number of aliphatic hydroxyl groups is 2. The molecule has 0 aromatic heterocycles. The van der Waals surface area contributed by atoms with Gasteiger partial charge in [0.1, 0.15) is 0 Å². The van der Waals surface area contributed by atoms with Crippen LogP contribution in [0.25, 0.3) is 0 Å². The number of nitrogens with one attached hydrogen (secondary N) is 1. The van der Waals surface area contributed by atoms with Gasteiger partial charge in [-0.25, -0.2) is 0 Å². The first-order valence-electron chi connectivity index (χ1n) is 5.19. The van der Waals surface area contributed by atoms with Crippen LogP contribution in [-0.4, -0.2) is 29.6 Å². The summed E-state index contributed by atoms with van der Waals surface area (Å²) in [5, 5.41) is 20.0. The van der Waals surface area contributed by atoms with Gasteiger partial charge in [-0.05, 0) is 18.9 Å². The van der Waals surface area contributed by atoms with Crippen molar-refractivity contribution in [1.82, 2.24) is 5.32 Å². The Balaban J connectivity index is 2.92. The zero-order chi connectivity index (χ0) is 10.1. The fourth-order valence-electron chi connectivity index (χ4n) is 1.21. The van der Waals surface area contributed by atoms with Crippen LogP contribution in [0.5, 0.6) is 0 Å². The summed E-state index contributed by atoms with van der Waals surface area (Å²) in [6, 6.07) is 0. The highest BCUT2D eigenvalue weighted by Gasteiger charge is 1.96. The predicted octanol–water partition coefficient (Wildman–Crippen LogP) is 1.10. The van der Waals surface area contributed by atoms with Crippen LogP contribution < -0.4 is 5.32 Å². The molecule has 0 fully saturated rings. The highest BCUT2D eigenvalue weighted by atomic mass is 16.5. The molecule has 0 aliphatic heterocycles. The lowest BCUT2D eigenvalue weighted by atomic mass is 10.1. The van der Waals surface area contributed by atoms with Gasteiger partial charge in [-0.3, -0.25) is 0 Å². The predicted molar refractivity (Wildman–Crippen MR) is 54.4 cm³/mol. The molecule has 0 amide bonds. The van der Waals surface area contributed by atoms with Gasteiger partial charge >= 0.3 is 0 Å². The van der Waals surface area contributed by atoms with Crippen LogP contribution in [0.4, 0.5) is 0 Å².